The van der Waals surface area contributed by atoms with Crippen LogP contribution in [0.4, 0.5) is 13.2 Å². The average molecular weight is 319 g/mol. The van der Waals surface area contributed by atoms with Crippen molar-refractivity contribution in [2.24, 2.45) is 0 Å². The highest BCUT2D eigenvalue weighted by Crippen LogP contribution is 2.30. The first-order chi connectivity index (χ1) is 8.39. The molecule has 0 aliphatic rings. The van der Waals surface area contributed by atoms with Crippen molar-refractivity contribution in [3.05, 3.63) is 58.0 Å². The maximum absolute atomic E-state index is 12.5. The minimum Gasteiger partial charge on any atom is -0.457 e. The summed E-state index contributed by atoms with van der Waals surface area (Å²) in [5.41, 5.74) is -0.700. The van der Waals surface area contributed by atoms with Crippen LogP contribution in [0.1, 0.15) is 21.5 Å². The van der Waals surface area contributed by atoms with Gasteiger partial charge in [0.05, 0.1) is 17.4 Å². The quantitative estimate of drug-likeness (QED) is 0.773. The number of benzene rings is 1. The lowest BCUT2D eigenvalue weighted by Gasteiger charge is -2.07. The number of hydrogen-bond donors (Lipinski definition) is 0. The zero-order valence-corrected chi connectivity index (χ0v) is 10.4. The van der Waals surface area contributed by atoms with E-state index < -0.39 is 17.5 Å². The summed E-state index contributed by atoms with van der Waals surface area (Å²) in [4.78, 5) is 12.0. The van der Waals surface area contributed by atoms with E-state index in [1.807, 2.05) is 0 Å². The molecule has 0 radical (unpaired) electrons. The number of furan rings is 1. The Bertz CT molecular complexity index is 587. The number of rotatable bonds is 2. The summed E-state index contributed by atoms with van der Waals surface area (Å²) in [5.74, 6) is -0.526. The van der Waals surface area contributed by atoms with Crippen LogP contribution in [0.2, 0.25) is 0 Å². The maximum Gasteiger partial charge on any atom is 0.416 e. The SMILES string of the molecule is O=C(c1cccc(C(F)(F)F)c1)c1ccoc1Br. The van der Waals surface area contributed by atoms with Crippen molar-refractivity contribution in [2.45, 2.75) is 6.18 Å². The molecule has 0 aliphatic carbocycles. The fourth-order valence-corrected chi connectivity index (χ4v) is 1.87. The first kappa shape index (κ1) is 12.9. The summed E-state index contributed by atoms with van der Waals surface area (Å²) in [5, 5.41) is 0. The lowest BCUT2D eigenvalue weighted by atomic mass is 10.0. The van der Waals surface area contributed by atoms with E-state index >= 15 is 0 Å². The Kier molecular flexibility index (Phi) is 3.30. The van der Waals surface area contributed by atoms with Crippen LogP contribution in [0.3, 0.4) is 0 Å². The summed E-state index contributed by atoms with van der Waals surface area (Å²) in [6, 6.07) is 5.66. The van der Waals surface area contributed by atoms with Gasteiger partial charge in [-0.2, -0.15) is 13.2 Å². The number of carbonyl (C=O) groups is 1. The monoisotopic (exact) mass is 318 g/mol. The highest BCUT2D eigenvalue weighted by atomic mass is 79.9. The summed E-state index contributed by atoms with van der Waals surface area (Å²) >= 11 is 3.01. The van der Waals surface area contributed by atoms with Crippen LogP contribution in [0.15, 0.2) is 45.7 Å². The van der Waals surface area contributed by atoms with Gasteiger partial charge in [-0.05, 0) is 34.1 Å². The largest absolute Gasteiger partial charge is 0.457 e. The van der Waals surface area contributed by atoms with Gasteiger partial charge in [0.1, 0.15) is 0 Å². The van der Waals surface area contributed by atoms with Crippen molar-refractivity contribution in [3.8, 4) is 0 Å². The number of halogens is 4. The summed E-state index contributed by atoms with van der Waals surface area (Å²) in [6.45, 7) is 0. The number of ketones is 1. The first-order valence-corrected chi connectivity index (χ1v) is 5.64. The van der Waals surface area contributed by atoms with E-state index in [1.54, 1.807) is 0 Å². The Morgan fingerprint density at radius 3 is 2.50 bits per heavy atom. The molecule has 0 saturated carbocycles. The molecule has 6 heteroatoms. The van der Waals surface area contributed by atoms with Crippen LogP contribution in [0, 0.1) is 0 Å². The normalized spacial score (nSPS) is 11.6. The standard InChI is InChI=1S/C12H6BrF3O2/c13-11-9(4-5-18-11)10(17)7-2-1-3-8(6-7)12(14,15)16/h1-6H. The fraction of sp³-hybridized carbons (Fsp3) is 0.0833. The molecule has 1 heterocycles. The van der Waals surface area contributed by atoms with Crippen LogP contribution in [0.25, 0.3) is 0 Å². The molecular formula is C12H6BrF3O2. The predicted octanol–water partition coefficient (Wildman–Crippen LogP) is 4.29. The number of carbonyl (C=O) groups excluding carboxylic acids is 1. The third kappa shape index (κ3) is 2.48. The Labute approximate surface area is 109 Å². The maximum atomic E-state index is 12.5. The van der Waals surface area contributed by atoms with Gasteiger partial charge >= 0.3 is 6.18 Å². The van der Waals surface area contributed by atoms with Crippen molar-refractivity contribution in [1.82, 2.24) is 0 Å². The van der Waals surface area contributed by atoms with Gasteiger partial charge in [0, 0.05) is 5.56 Å². The van der Waals surface area contributed by atoms with Crippen molar-refractivity contribution in [1.29, 1.82) is 0 Å². The van der Waals surface area contributed by atoms with Gasteiger partial charge in [0.2, 0.25) is 0 Å². The van der Waals surface area contributed by atoms with Crippen molar-refractivity contribution in [2.75, 3.05) is 0 Å². The molecule has 0 spiro atoms. The third-order valence-corrected chi connectivity index (χ3v) is 2.93. The Morgan fingerprint density at radius 2 is 1.94 bits per heavy atom. The average Bonchev–Trinajstić information content (AvgIpc) is 2.73. The first-order valence-electron chi connectivity index (χ1n) is 4.84. The van der Waals surface area contributed by atoms with Gasteiger partial charge < -0.3 is 4.42 Å². The molecule has 0 bridgehead atoms. The predicted molar refractivity (Wildman–Crippen MR) is 61.3 cm³/mol. The van der Waals surface area contributed by atoms with Gasteiger partial charge in [-0.1, -0.05) is 12.1 Å². The molecule has 0 unspecified atom stereocenters. The van der Waals surface area contributed by atoms with E-state index in [-0.39, 0.29) is 15.8 Å². The zero-order valence-electron chi connectivity index (χ0n) is 8.79. The Balaban J connectivity index is 2.41. The second-order valence-corrected chi connectivity index (χ2v) is 4.24. The van der Waals surface area contributed by atoms with E-state index in [9.17, 15) is 18.0 Å². The zero-order chi connectivity index (χ0) is 13.3. The van der Waals surface area contributed by atoms with Crippen LogP contribution < -0.4 is 0 Å². The Morgan fingerprint density at radius 1 is 1.22 bits per heavy atom. The van der Waals surface area contributed by atoms with Crippen LogP contribution in [0.5, 0.6) is 0 Å². The lowest BCUT2D eigenvalue weighted by Crippen LogP contribution is -2.08. The van der Waals surface area contributed by atoms with E-state index in [1.165, 1.54) is 24.5 Å². The van der Waals surface area contributed by atoms with E-state index in [0.717, 1.165) is 12.1 Å². The van der Waals surface area contributed by atoms with Crippen LogP contribution in [-0.2, 0) is 6.18 Å². The fourth-order valence-electron chi connectivity index (χ4n) is 1.45. The van der Waals surface area contributed by atoms with Gasteiger partial charge in [-0.15, -0.1) is 0 Å². The van der Waals surface area contributed by atoms with Crippen molar-refractivity contribution < 1.29 is 22.4 Å². The lowest BCUT2D eigenvalue weighted by molar-refractivity contribution is -0.137. The molecule has 0 fully saturated rings. The molecule has 0 N–H and O–H groups in total. The molecule has 0 aliphatic heterocycles. The highest BCUT2D eigenvalue weighted by Gasteiger charge is 2.31. The number of alkyl halides is 3. The van der Waals surface area contributed by atoms with Crippen LogP contribution in [-0.4, -0.2) is 5.78 Å². The van der Waals surface area contributed by atoms with Crippen molar-refractivity contribution in [3.63, 3.8) is 0 Å². The van der Waals surface area contributed by atoms with Gasteiger partial charge in [-0.25, -0.2) is 0 Å². The Hall–Kier alpha value is -1.56. The number of hydrogen-bond acceptors (Lipinski definition) is 2. The van der Waals surface area contributed by atoms with Gasteiger partial charge in [0.15, 0.2) is 10.5 Å². The van der Waals surface area contributed by atoms with E-state index in [2.05, 4.69) is 15.9 Å². The smallest absolute Gasteiger partial charge is 0.416 e. The molecule has 2 aromatic rings. The molecule has 0 amide bonds. The molecule has 0 atom stereocenters. The van der Waals surface area contributed by atoms with Crippen molar-refractivity contribution >= 4 is 21.7 Å². The third-order valence-electron chi connectivity index (χ3n) is 2.31. The second-order valence-electron chi connectivity index (χ2n) is 3.52. The van der Waals surface area contributed by atoms with Gasteiger partial charge in [0.25, 0.3) is 0 Å². The highest BCUT2D eigenvalue weighted by molar-refractivity contribution is 9.10. The second kappa shape index (κ2) is 4.61. The molecular weight excluding hydrogens is 313 g/mol. The molecule has 18 heavy (non-hydrogen) atoms. The molecule has 2 rings (SSSR count). The summed E-state index contributed by atoms with van der Waals surface area (Å²) in [7, 11) is 0. The molecule has 1 aromatic heterocycles. The summed E-state index contributed by atoms with van der Waals surface area (Å²) in [6.07, 6.45) is -3.19. The molecule has 1 aromatic carbocycles. The minimum atomic E-state index is -4.47. The molecule has 2 nitrogen and oxygen atoms in total. The van der Waals surface area contributed by atoms with E-state index in [4.69, 9.17) is 4.42 Å². The minimum absolute atomic E-state index is 0.0353. The molecule has 0 saturated heterocycles. The topological polar surface area (TPSA) is 30.2 Å². The van der Waals surface area contributed by atoms with Gasteiger partial charge in [-0.3, -0.25) is 4.79 Å². The molecule has 94 valence electrons. The summed E-state index contributed by atoms with van der Waals surface area (Å²) < 4.78 is 42.6. The van der Waals surface area contributed by atoms with E-state index in [0.29, 0.717) is 0 Å². The van der Waals surface area contributed by atoms with Crippen LogP contribution >= 0.6 is 15.9 Å².